The minimum absolute atomic E-state index is 0.417. The summed E-state index contributed by atoms with van der Waals surface area (Å²) in [5.74, 6) is 7.99. The van der Waals surface area contributed by atoms with Crippen LogP contribution in [0.1, 0.15) is 6.92 Å². The van der Waals surface area contributed by atoms with Gasteiger partial charge in [0.1, 0.15) is 11.6 Å². The third kappa shape index (κ3) is 3.93. The Bertz CT molecular complexity index is 338. The van der Waals surface area contributed by atoms with Crippen molar-refractivity contribution >= 4 is 35.2 Å². The Morgan fingerprint density at radius 1 is 1.47 bits per heavy atom. The number of nitrogens with one attached hydrogen (secondary N) is 1. The molecule has 1 heterocycles. The number of rotatable bonds is 6. The van der Waals surface area contributed by atoms with Gasteiger partial charge in [-0.25, -0.2) is 15.8 Å². The Hall–Kier alpha value is -0.660. The minimum atomic E-state index is 0.417. The Kier molecular flexibility index (Phi) is 5.87. The molecule has 0 saturated heterocycles. The van der Waals surface area contributed by atoms with E-state index in [-0.39, 0.29) is 0 Å². The van der Waals surface area contributed by atoms with E-state index in [1.165, 1.54) is 11.8 Å². The van der Waals surface area contributed by atoms with E-state index in [1.54, 1.807) is 0 Å². The number of hydrogen-bond donors (Lipinski definition) is 2. The summed E-state index contributed by atoms with van der Waals surface area (Å²) in [5, 5.41) is 0.721. The monoisotopic (exact) mass is 273 g/mol. The molecule has 0 saturated carbocycles. The largest absolute Gasteiger partial charge is 0.356 e. The molecule has 96 valence electrons. The van der Waals surface area contributed by atoms with Crippen LogP contribution in [0.4, 0.5) is 11.6 Å². The third-order valence-corrected chi connectivity index (χ3v) is 3.82. The van der Waals surface area contributed by atoms with Gasteiger partial charge in [-0.05, 0) is 19.4 Å². The summed E-state index contributed by atoms with van der Waals surface area (Å²) in [6.07, 6.45) is 4.05. The lowest BCUT2D eigenvalue weighted by molar-refractivity contribution is 0.742. The van der Waals surface area contributed by atoms with E-state index in [1.807, 2.05) is 31.1 Å². The summed E-state index contributed by atoms with van der Waals surface area (Å²) in [4.78, 5) is 10.9. The van der Waals surface area contributed by atoms with Crippen LogP contribution in [0.5, 0.6) is 0 Å². The number of nitrogens with two attached hydrogens (primary N) is 1. The SMILES string of the molecule is CSCC(C)N(C)c1cc(NN)nc(SC)n1. The first kappa shape index (κ1) is 14.4. The highest BCUT2D eigenvalue weighted by Crippen LogP contribution is 2.21. The minimum Gasteiger partial charge on any atom is -0.356 e. The van der Waals surface area contributed by atoms with E-state index < -0.39 is 0 Å². The zero-order valence-corrected chi connectivity index (χ0v) is 12.2. The number of anilines is 2. The molecule has 1 aromatic rings. The van der Waals surface area contributed by atoms with Gasteiger partial charge in [0, 0.05) is 24.9 Å². The van der Waals surface area contributed by atoms with Gasteiger partial charge < -0.3 is 10.3 Å². The Morgan fingerprint density at radius 3 is 2.71 bits per heavy atom. The van der Waals surface area contributed by atoms with Crippen molar-refractivity contribution in [2.24, 2.45) is 5.84 Å². The normalized spacial score (nSPS) is 12.3. The first-order valence-corrected chi connectivity index (χ1v) is 7.85. The van der Waals surface area contributed by atoms with Gasteiger partial charge in [0.25, 0.3) is 0 Å². The molecule has 1 atom stereocenters. The maximum atomic E-state index is 5.41. The van der Waals surface area contributed by atoms with Crippen LogP contribution in [0.25, 0.3) is 0 Å². The number of nitrogen functional groups attached to an aromatic ring is 1. The quantitative estimate of drug-likeness (QED) is 0.354. The van der Waals surface area contributed by atoms with Crippen LogP contribution in [0.2, 0.25) is 0 Å². The van der Waals surface area contributed by atoms with E-state index in [0.29, 0.717) is 11.9 Å². The second-order valence-electron chi connectivity index (χ2n) is 3.66. The van der Waals surface area contributed by atoms with Crippen LogP contribution >= 0.6 is 23.5 Å². The van der Waals surface area contributed by atoms with Crippen molar-refractivity contribution in [1.29, 1.82) is 0 Å². The van der Waals surface area contributed by atoms with Crippen LogP contribution in [0.3, 0.4) is 0 Å². The average Bonchev–Trinajstić information content (AvgIpc) is 2.37. The molecule has 0 bridgehead atoms. The van der Waals surface area contributed by atoms with E-state index in [0.717, 1.165) is 16.7 Å². The van der Waals surface area contributed by atoms with Gasteiger partial charge in [-0.15, -0.1) is 0 Å². The van der Waals surface area contributed by atoms with Gasteiger partial charge >= 0.3 is 0 Å². The second kappa shape index (κ2) is 6.93. The van der Waals surface area contributed by atoms with Gasteiger partial charge in [-0.2, -0.15) is 11.8 Å². The topological polar surface area (TPSA) is 67.1 Å². The van der Waals surface area contributed by atoms with Crippen LogP contribution in [-0.2, 0) is 0 Å². The summed E-state index contributed by atoms with van der Waals surface area (Å²) < 4.78 is 0. The zero-order chi connectivity index (χ0) is 12.8. The molecule has 5 nitrogen and oxygen atoms in total. The molecule has 1 rings (SSSR count). The highest BCUT2D eigenvalue weighted by Gasteiger charge is 2.13. The predicted octanol–water partition coefficient (Wildman–Crippen LogP) is 1.67. The molecule has 1 aromatic heterocycles. The van der Waals surface area contributed by atoms with Crippen molar-refractivity contribution in [2.75, 3.05) is 35.6 Å². The number of aromatic nitrogens is 2. The van der Waals surface area contributed by atoms with Crippen molar-refractivity contribution in [2.45, 2.75) is 18.1 Å². The lowest BCUT2D eigenvalue weighted by atomic mass is 10.3. The van der Waals surface area contributed by atoms with Crippen LogP contribution in [-0.4, -0.2) is 41.3 Å². The highest BCUT2D eigenvalue weighted by molar-refractivity contribution is 7.98. The van der Waals surface area contributed by atoms with Gasteiger partial charge in [-0.3, -0.25) is 0 Å². The van der Waals surface area contributed by atoms with Gasteiger partial charge in [-0.1, -0.05) is 11.8 Å². The molecule has 0 aliphatic rings. The molecule has 17 heavy (non-hydrogen) atoms. The predicted molar refractivity (Wildman–Crippen MR) is 77.9 cm³/mol. The smallest absolute Gasteiger partial charge is 0.191 e. The van der Waals surface area contributed by atoms with Gasteiger partial charge in [0.05, 0.1) is 0 Å². The summed E-state index contributed by atoms with van der Waals surface area (Å²) in [6, 6.07) is 2.27. The van der Waals surface area contributed by atoms with Crippen molar-refractivity contribution < 1.29 is 0 Å². The molecule has 0 radical (unpaired) electrons. The van der Waals surface area contributed by atoms with E-state index >= 15 is 0 Å². The maximum Gasteiger partial charge on any atom is 0.191 e. The molecule has 0 spiro atoms. The molecule has 3 N–H and O–H groups in total. The number of nitrogens with zero attached hydrogens (tertiary/aromatic N) is 3. The molecular weight excluding hydrogens is 254 g/mol. The van der Waals surface area contributed by atoms with Crippen molar-refractivity contribution in [3.63, 3.8) is 0 Å². The lowest BCUT2D eigenvalue weighted by Crippen LogP contribution is -2.31. The van der Waals surface area contributed by atoms with E-state index in [9.17, 15) is 0 Å². The maximum absolute atomic E-state index is 5.41. The van der Waals surface area contributed by atoms with E-state index in [2.05, 4.69) is 33.5 Å². The van der Waals surface area contributed by atoms with Crippen molar-refractivity contribution in [3.05, 3.63) is 6.07 Å². The number of hydrazine groups is 1. The Balaban J connectivity index is 2.95. The standard InChI is InChI=1S/C10H19N5S2/c1-7(6-16-3)15(2)9-5-8(14-11)12-10(13-9)17-4/h5,7H,6,11H2,1-4H3,(H,12,13,14). The number of hydrogen-bond acceptors (Lipinski definition) is 7. The van der Waals surface area contributed by atoms with Crippen LogP contribution < -0.4 is 16.2 Å². The third-order valence-electron chi connectivity index (χ3n) is 2.45. The molecule has 7 heteroatoms. The molecule has 0 aliphatic carbocycles. The molecule has 0 fully saturated rings. The first-order valence-electron chi connectivity index (χ1n) is 5.23. The van der Waals surface area contributed by atoms with Crippen molar-refractivity contribution in [1.82, 2.24) is 9.97 Å². The fraction of sp³-hybridized carbons (Fsp3) is 0.600. The molecule has 0 amide bonds. The number of thioether (sulfide) groups is 2. The Morgan fingerprint density at radius 2 is 2.18 bits per heavy atom. The molecular formula is C10H19N5S2. The van der Waals surface area contributed by atoms with Crippen LogP contribution in [0.15, 0.2) is 11.2 Å². The fourth-order valence-electron chi connectivity index (χ4n) is 1.34. The Labute approximate surface area is 111 Å². The average molecular weight is 273 g/mol. The van der Waals surface area contributed by atoms with Crippen LogP contribution in [0, 0.1) is 0 Å². The summed E-state index contributed by atoms with van der Waals surface area (Å²) in [7, 11) is 2.04. The summed E-state index contributed by atoms with van der Waals surface area (Å²) >= 11 is 3.33. The fourth-order valence-corrected chi connectivity index (χ4v) is 2.42. The first-order chi connectivity index (χ1) is 8.12. The van der Waals surface area contributed by atoms with Gasteiger partial charge in [0.2, 0.25) is 0 Å². The van der Waals surface area contributed by atoms with E-state index in [4.69, 9.17) is 5.84 Å². The molecule has 0 aliphatic heterocycles. The molecule has 0 aromatic carbocycles. The van der Waals surface area contributed by atoms with Gasteiger partial charge in [0.15, 0.2) is 5.16 Å². The lowest BCUT2D eigenvalue weighted by Gasteiger charge is -2.25. The second-order valence-corrected chi connectivity index (χ2v) is 5.34. The molecule has 1 unspecified atom stereocenters. The highest BCUT2D eigenvalue weighted by atomic mass is 32.2. The summed E-state index contributed by atoms with van der Waals surface area (Å²) in [6.45, 7) is 2.17. The van der Waals surface area contributed by atoms with Crippen molar-refractivity contribution in [3.8, 4) is 0 Å². The summed E-state index contributed by atoms with van der Waals surface area (Å²) in [5.41, 5.74) is 2.57. The zero-order valence-electron chi connectivity index (χ0n) is 10.6.